The van der Waals surface area contributed by atoms with Crippen molar-refractivity contribution < 1.29 is 9.53 Å². The second kappa shape index (κ2) is 7.02. The van der Waals surface area contributed by atoms with Crippen LogP contribution in [-0.4, -0.2) is 65.7 Å². The van der Waals surface area contributed by atoms with Crippen molar-refractivity contribution in [3.63, 3.8) is 0 Å². The smallest absolute Gasteiger partial charge is 0.270 e. The van der Waals surface area contributed by atoms with Gasteiger partial charge in [-0.25, -0.2) is 0 Å². The van der Waals surface area contributed by atoms with Gasteiger partial charge in [0.15, 0.2) is 0 Å². The molecular weight excluding hydrogens is 302 g/mol. The standard InChI is InChI=1S/C16H24ClN3O2/c1-18-12-13(17)11-15(18)16(21)20-5-2-3-14(4-6-20)19-7-9-22-10-8-19/h11-12,14H,2-10H2,1H3. The van der Waals surface area contributed by atoms with E-state index in [-0.39, 0.29) is 5.91 Å². The number of likely N-dealkylation sites (tertiary alicyclic amines) is 1. The monoisotopic (exact) mass is 325 g/mol. The second-order valence-electron chi connectivity index (χ2n) is 6.18. The number of carbonyl (C=O) groups is 1. The number of hydrogen-bond donors (Lipinski definition) is 0. The number of hydrogen-bond acceptors (Lipinski definition) is 3. The molecule has 2 saturated heterocycles. The lowest BCUT2D eigenvalue weighted by Gasteiger charge is -2.34. The van der Waals surface area contributed by atoms with Crippen LogP contribution in [-0.2, 0) is 11.8 Å². The molecule has 0 spiro atoms. The fourth-order valence-corrected chi connectivity index (χ4v) is 3.74. The largest absolute Gasteiger partial charge is 0.379 e. The van der Waals surface area contributed by atoms with Gasteiger partial charge in [-0.1, -0.05) is 11.6 Å². The van der Waals surface area contributed by atoms with Crippen LogP contribution in [0.2, 0.25) is 5.02 Å². The zero-order chi connectivity index (χ0) is 15.5. The molecule has 0 aliphatic carbocycles. The van der Waals surface area contributed by atoms with Crippen molar-refractivity contribution in [2.45, 2.75) is 25.3 Å². The summed E-state index contributed by atoms with van der Waals surface area (Å²) in [6, 6.07) is 2.34. The highest BCUT2D eigenvalue weighted by molar-refractivity contribution is 6.31. The van der Waals surface area contributed by atoms with Crippen LogP contribution in [0.3, 0.4) is 0 Å². The molecule has 0 bridgehead atoms. The lowest BCUT2D eigenvalue weighted by atomic mass is 10.1. The molecule has 0 aromatic carbocycles. The lowest BCUT2D eigenvalue weighted by molar-refractivity contribution is 0.0135. The summed E-state index contributed by atoms with van der Waals surface area (Å²) >= 11 is 6.00. The number of aryl methyl sites for hydroxylation is 1. The number of rotatable bonds is 2. The van der Waals surface area contributed by atoms with Gasteiger partial charge in [-0.2, -0.15) is 0 Å². The van der Waals surface area contributed by atoms with Crippen molar-refractivity contribution in [3.8, 4) is 0 Å². The average Bonchev–Trinajstić information content (AvgIpc) is 2.74. The summed E-state index contributed by atoms with van der Waals surface area (Å²) < 4.78 is 7.25. The van der Waals surface area contributed by atoms with Crippen molar-refractivity contribution >= 4 is 17.5 Å². The summed E-state index contributed by atoms with van der Waals surface area (Å²) in [6.07, 6.45) is 5.05. The number of morpholine rings is 1. The Labute approximate surface area is 136 Å². The Morgan fingerprint density at radius 1 is 1.23 bits per heavy atom. The van der Waals surface area contributed by atoms with Crippen molar-refractivity contribution in [1.82, 2.24) is 14.4 Å². The molecule has 2 aliphatic rings. The minimum atomic E-state index is 0.0945. The minimum Gasteiger partial charge on any atom is -0.379 e. The van der Waals surface area contributed by atoms with Gasteiger partial charge in [-0.15, -0.1) is 0 Å². The first-order chi connectivity index (χ1) is 10.6. The molecule has 0 radical (unpaired) electrons. The van der Waals surface area contributed by atoms with Crippen LogP contribution in [0.15, 0.2) is 12.3 Å². The Kier molecular flexibility index (Phi) is 5.06. The van der Waals surface area contributed by atoms with Gasteiger partial charge in [-0.3, -0.25) is 9.69 Å². The van der Waals surface area contributed by atoms with Crippen LogP contribution in [0.25, 0.3) is 0 Å². The predicted molar refractivity (Wildman–Crippen MR) is 86.4 cm³/mol. The molecule has 3 heterocycles. The summed E-state index contributed by atoms with van der Waals surface area (Å²) in [4.78, 5) is 17.2. The molecule has 122 valence electrons. The predicted octanol–water partition coefficient (Wildman–Crippen LogP) is 2.01. The number of nitrogens with zero attached hydrogens (tertiary/aromatic N) is 3. The van der Waals surface area contributed by atoms with Crippen LogP contribution in [0, 0.1) is 0 Å². The van der Waals surface area contributed by atoms with E-state index in [0.717, 1.165) is 58.7 Å². The zero-order valence-corrected chi connectivity index (χ0v) is 13.9. The minimum absolute atomic E-state index is 0.0945. The van der Waals surface area contributed by atoms with Crippen molar-refractivity contribution in [2.24, 2.45) is 7.05 Å². The lowest BCUT2D eigenvalue weighted by Crippen LogP contribution is -2.44. The van der Waals surface area contributed by atoms with Crippen LogP contribution in [0.1, 0.15) is 29.8 Å². The van der Waals surface area contributed by atoms with Gasteiger partial charge in [0.25, 0.3) is 5.91 Å². The van der Waals surface area contributed by atoms with Gasteiger partial charge in [-0.05, 0) is 25.3 Å². The third-order valence-electron chi connectivity index (χ3n) is 4.74. The molecule has 6 heteroatoms. The molecule has 1 aromatic heterocycles. The first kappa shape index (κ1) is 15.8. The first-order valence-corrected chi connectivity index (χ1v) is 8.46. The number of ether oxygens (including phenoxy) is 1. The van der Waals surface area contributed by atoms with Gasteiger partial charge >= 0.3 is 0 Å². The van der Waals surface area contributed by atoms with Gasteiger partial charge in [0, 0.05) is 45.5 Å². The van der Waals surface area contributed by atoms with E-state index in [1.54, 1.807) is 12.3 Å². The topological polar surface area (TPSA) is 37.7 Å². The van der Waals surface area contributed by atoms with Gasteiger partial charge in [0.05, 0.1) is 18.2 Å². The Morgan fingerprint density at radius 3 is 2.68 bits per heavy atom. The maximum absolute atomic E-state index is 12.7. The first-order valence-electron chi connectivity index (χ1n) is 8.08. The molecule has 22 heavy (non-hydrogen) atoms. The molecular formula is C16H24ClN3O2. The molecule has 1 unspecified atom stereocenters. The SMILES string of the molecule is Cn1cc(Cl)cc1C(=O)N1CCCC(N2CCOCC2)CC1. The van der Waals surface area contributed by atoms with Crippen molar-refractivity contribution in [1.29, 1.82) is 0 Å². The van der Waals surface area contributed by atoms with E-state index in [1.165, 1.54) is 0 Å². The highest BCUT2D eigenvalue weighted by Crippen LogP contribution is 2.21. The third-order valence-corrected chi connectivity index (χ3v) is 4.94. The Balaban J connectivity index is 1.62. The van der Waals surface area contributed by atoms with E-state index in [0.29, 0.717) is 16.8 Å². The fourth-order valence-electron chi connectivity index (χ4n) is 3.49. The average molecular weight is 326 g/mol. The van der Waals surface area contributed by atoms with Crippen LogP contribution in [0.5, 0.6) is 0 Å². The summed E-state index contributed by atoms with van der Waals surface area (Å²) in [5, 5.41) is 0.617. The molecule has 1 atom stereocenters. The fraction of sp³-hybridized carbons (Fsp3) is 0.688. The van der Waals surface area contributed by atoms with Gasteiger partial charge < -0.3 is 14.2 Å². The summed E-state index contributed by atoms with van der Waals surface area (Å²) in [7, 11) is 1.87. The Hall–Kier alpha value is -1.04. The molecule has 3 rings (SSSR count). The van der Waals surface area contributed by atoms with E-state index in [1.807, 2.05) is 16.5 Å². The van der Waals surface area contributed by atoms with Gasteiger partial charge in [0.2, 0.25) is 0 Å². The van der Waals surface area contributed by atoms with E-state index in [2.05, 4.69) is 4.90 Å². The quantitative estimate of drug-likeness (QED) is 0.834. The Bertz CT molecular complexity index is 525. The summed E-state index contributed by atoms with van der Waals surface area (Å²) in [5.41, 5.74) is 0.676. The van der Waals surface area contributed by atoms with E-state index >= 15 is 0 Å². The van der Waals surface area contributed by atoms with Gasteiger partial charge in [0.1, 0.15) is 5.69 Å². The van der Waals surface area contributed by atoms with E-state index < -0.39 is 0 Å². The number of amides is 1. The van der Waals surface area contributed by atoms with E-state index in [9.17, 15) is 4.79 Å². The van der Waals surface area contributed by atoms with Crippen LogP contribution >= 0.6 is 11.6 Å². The number of halogens is 1. The molecule has 1 amide bonds. The van der Waals surface area contributed by atoms with E-state index in [4.69, 9.17) is 16.3 Å². The van der Waals surface area contributed by atoms with Crippen molar-refractivity contribution in [3.05, 3.63) is 23.0 Å². The maximum Gasteiger partial charge on any atom is 0.270 e. The number of carbonyl (C=O) groups excluding carboxylic acids is 1. The number of aromatic nitrogens is 1. The molecule has 1 aromatic rings. The zero-order valence-electron chi connectivity index (χ0n) is 13.1. The second-order valence-corrected chi connectivity index (χ2v) is 6.62. The van der Waals surface area contributed by atoms with Crippen LogP contribution < -0.4 is 0 Å². The Morgan fingerprint density at radius 2 is 2.00 bits per heavy atom. The molecule has 2 fully saturated rings. The van der Waals surface area contributed by atoms with Crippen molar-refractivity contribution in [2.75, 3.05) is 39.4 Å². The highest BCUT2D eigenvalue weighted by Gasteiger charge is 2.27. The maximum atomic E-state index is 12.7. The molecule has 2 aliphatic heterocycles. The van der Waals surface area contributed by atoms with Crippen LogP contribution in [0.4, 0.5) is 0 Å². The highest BCUT2D eigenvalue weighted by atomic mass is 35.5. The third kappa shape index (κ3) is 3.47. The molecule has 0 saturated carbocycles. The normalized spacial score (nSPS) is 24.3. The summed E-state index contributed by atoms with van der Waals surface area (Å²) in [5.74, 6) is 0.0945. The molecule has 5 nitrogen and oxygen atoms in total. The molecule has 0 N–H and O–H groups in total. The summed E-state index contributed by atoms with van der Waals surface area (Å²) in [6.45, 7) is 5.37.